The number of rotatable bonds is 13. The van der Waals surface area contributed by atoms with Crippen molar-refractivity contribution in [1.29, 1.82) is 0 Å². The number of ether oxygens (including phenoxy) is 4. The molecule has 3 fully saturated rings. The molecule has 43 heavy (non-hydrogen) atoms. The minimum atomic E-state index is -2.00. The van der Waals surface area contributed by atoms with Gasteiger partial charge in [-0.3, -0.25) is 0 Å². The van der Waals surface area contributed by atoms with Crippen LogP contribution >= 0.6 is 0 Å². The Hall–Kier alpha value is -0.0800. The van der Waals surface area contributed by atoms with Crippen molar-refractivity contribution in [3.8, 4) is 0 Å². The van der Waals surface area contributed by atoms with Crippen molar-refractivity contribution >= 4 is 10.9 Å². The summed E-state index contributed by atoms with van der Waals surface area (Å²) in [6, 6.07) is 0. The highest BCUT2D eigenvalue weighted by atomic mass is 35.5. The smallest absolute Gasteiger partial charge is 0.187 e. The monoisotopic (exact) mass is 674 g/mol. The molecule has 0 aliphatic carbocycles. The van der Waals surface area contributed by atoms with Crippen molar-refractivity contribution in [2.45, 2.75) is 103 Å². The van der Waals surface area contributed by atoms with E-state index in [1.54, 1.807) is 0 Å². The van der Waals surface area contributed by atoms with Crippen molar-refractivity contribution in [3.05, 3.63) is 0 Å². The Balaban J connectivity index is 0.00000645. The van der Waals surface area contributed by atoms with Crippen LogP contribution in [-0.4, -0.2) is 213 Å². The zero-order valence-corrected chi connectivity index (χ0v) is 24.3. The summed E-state index contributed by atoms with van der Waals surface area (Å²) in [5.74, 6) is -0.179. The first-order valence-electron chi connectivity index (χ1n) is 13.3. The molecule has 14 N–H and O–H groups in total. The third-order valence-electron chi connectivity index (χ3n) is 7.73. The van der Waals surface area contributed by atoms with Gasteiger partial charge in [-0.25, -0.2) is 0 Å². The molecule has 256 valence electrons. The van der Waals surface area contributed by atoms with Gasteiger partial charge >= 0.3 is 0 Å². The molecular weight excluding hydrogens is 632 g/mol. The second kappa shape index (κ2) is 17.2. The standard InChI is InChI=1S/C23H43O18S.ClH/c24-1-9(15(32)14(31)8(29)6-42-5-7(28)13(30)12(42)4-27)38-22-20(37)18(35)21(11(3-26)40-22)41-23-19(36)17(34)16(33)10(2-25)39-23;/h7-37H,1-6H2;1H/q+1;/p-1/t7-,8-,9+,10-,11-,12-,13+,14-,15-,16-,17+,18-,19-,20-,21-,22-,23-,42?;/m1./s1. The maximum Gasteiger partial charge on any atom is 0.187 e. The number of halogens is 1. The van der Waals surface area contributed by atoms with Gasteiger partial charge in [0.15, 0.2) is 17.8 Å². The predicted molar refractivity (Wildman–Crippen MR) is 136 cm³/mol. The molecule has 1 unspecified atom stereocenters. The fourth-order valence-corrected chi connectivity index (χ4v) is 7.82. The molecule has 3 rings (SSSR count). The van der Waals surface area contributed by atoms with E-state index in [-0.39, 0.29) is 23.9 Å². The van der Waals surface area contributed by atoms with Crippen LogP contribution in [0, 0.1) is 0 Å². The van der Waals surface area contributed by atoms with E-state index in [9.17, 15) is 71.5 Å². The minimum Gasteiger partial charge on any atom is -1.00 e. The zero-order valence-electron chi connectivity index (χ0n) is 22.7. The second-order valence-corrected chi connectivity index (χ2v) is 12.9. The average Bonchev–Trinajstić information content (AvgIpc) is 3.25. The summed E-state index contributed by atoms with van der Waals surface area (Å²) in [4.78, 5) is 0. The first-order valence-corrected chi connectivity index (χ1v) is 15.0. The molecule has 0 amide bonds. The summed E-state index contributed by atoms with van der Waals surface area (Å²) in [7, 11) is -0.933. The molecule has 0 radical (unpaired) electrons. The summed E-state index contributed by atoms with van der Waals surface area (Å²) in [5, 5.41) is 141. The van der Waals surface area contributed by atoms with Gasteiger partial charge in [-0.2, -0.15) is 0 Å². The molecule has 0 saturated carbocycles. The van der Waals surface area contributed by atoms with Crippen LogP contribution in [-0.2, 0) is 29.8 Å². The molecular formula is C23H43ClO18S. The SMILES string of the molecule is OC[C@H](O[C@@H]1O[C@H](CO)[C@@H](O[C@H]2O[C@H](CO)[C@@H](O)[C@H](O)[C@H]2O)[C@H](O)[C@H]1O)[C@@H](O)[C@H](O)[C@H](O)C[S+]1C[C@@H](O)[C@H](O)[C@H]1CO.[Cl-]. The van der Waals surface area contributed by atoms with E-state index in [0.29, 0.717) is 0 Å². The summed E-state index contributed by atoms with van der Waals surface area (Å²) in [5.41, 5.74) is 0. The molecule has 0 aromatic heterocycles. The summed E-state index contributed by atoms with van der Waals surface area (Å²) in [6.07, 6.45) is -27.1. The van der Waals surface area contributed by atoms with Gasteiger partial charge in [-0.15, -0.1) is 0 Å². The largest absolute Gasteiger partial charge is 1.00 e. The van der Waals surface area contributed by atoms with E-state index in [1.165, 1.54) is 0 Å². The summed E-state index contributed by atoms with van der Waals surface area (Å²) < 4.78 is 21.5. The van der Waals surface area contributed by atoms with Crippen molar-refractivity contribution in [2.75, 3.05) is 37.9 Å². The first kappa shape index (κ1) is 39.1. The molecule has 3 saturated heterocycles. The van der Waals surface area contributed by atoms with Crippen molar-refractivity contribution in [3.63, 3.8) is 0 Å². The molecule has 18 atom stereocenters. The molecule has 3 heterocycles. The predicted octanol–water partition coefficient (Wildman–Crippen LogP) is -12.2. The van der Waals surface area contributed by atoms with E-state index in [0.717, 1.165) is 0 Å². The lowest BCUT2D eigenvalue weighted by Gasteiger charge is -2.46. The van der Waals surface area contributed by atoms with Gasteiger partial charge in [0.25, 0.3) is 0 Å². The van der Waals surface area contributed by atoms with Crippen molar-refractivity contribution < 1.29 is 103 Å². The number of hydrogen-bond donors (Lipinski definition) is 14. The fourth-order valence-electron chi connectivity index (χ4n) is 5.13. The number of aliphatic hydroxyl groups is 14. The number of hydrogen-bond acceptors (Lipinski definition) is 18. The van der Waals surface area contributed by atoms with Crippen LogP contribution in [0.15, 0.2) is 0 Å². The molecule has 0 bridgehead atoms. The number of aliphatic hydroxyl groups excluding tert-OH is 14. The van der Waals surface area contributed by atoms with Gasteiger partial charge in [-0.1, -0.05) is 0 Å². The van der Waals surface area contributed by atoms with Gasteiger partial charge in [0.2, 0.25) is 0 Å². The van der Waals surface area contributed by atoms with Crippen LogP contribution in [0.3, 0.4) is 0 Å². The topological polar surface area (TPSA) is 320 Å². The molecule has 0 aromatic rings. The van der Waals surface area contributed by atoms with Gasteiger partial charge in [0.05, 0.1) is 26.4 Å². The molecule has 18 nitrogen and oxygen atoms in total. The van der Waals surface area contributed by atoms with E-state index >= 15 is 0 Å². The molecule has 3 aliphatic heterocycles. The van der Waals surface area contributed by atoms with Crippen molar-refractivity contribution in [1.82, 2.24) is 0 Å². The summed E-state index contributed by atoms with van der Waals surface area (Å²) >= 11 is 0. The molecule has 3 aliphatic rings. The molecule has 0 spiro atoms. The molecule has 0 aromatic carbocycles. The van der Waals surface area contributed by atoms with Crippen LogP contribution in [0.2, 0.25) is 0 Å². The third-order valence-corrected chi connectivity index (χ3v) is 10.6. The maximum absolute atomic E-state index is 10.7. The Labute approximate surface area is 255 Å². The Morgan fingerprint density at radius 1 is 0.674 bits per heavy atom. The van der Waals surface area contributed by atoms with Gasteiger partial charge in [-0.05, 0) is 0 Å². The third kappa shape index (κ3) is 8.64. The average molecular weight is 675 g/mol. The van der Waals surface area contributed by atoms with Crippen LogP contribution < -0.4 is 12.4 Å². The Kier molecular flexibility index (Phi) is 15.6. The van der Waals surface area contributed by atoms with Gasteiger partial charge in [0.1, 0.15) is 97.0 Å². The second-order valence-electron chi connectivity index (χ2n) is 10.6. The van der Waals surface area contributed by atoms with Gasteiger partial charge < -0.3 is 103 Å². The van der Waals surface area contributed by atoms with E-state index in [4.69, 9.17) is 18.9 Å². The van der Waals surface area contributed by atoms with E-state index in [2.05, 4.69) is 0 Å². The van der Waals surface area contributed by atoms with Crippen LogP contribution in [0.5, 0.6) is 0 Å². The van der Waals surface area contributed by atoms with E-state index in [1.807, 2.05) is 0 Å². The minimum absolute atomic E-state index is 0. The van der Waals surface area contributed by atoms with Crippen molar-refractivity contribution in [2.24, 2.45) is 0 Å². The van der Waals surface area contributed by atoms with Crippen LogP contribution in [0.1, 0.15) is 0 Å². The lowest BCUT2D eigenvalue weighted by molar-refractivity contribution is -0.366. The highest BCUT2D eigenvalue weighted by molar-refractivity contribution is 7.97. The zero-order chi connectivity index (χ0) is 31.5. The van der Waals surface area contributed by atoms with Crippen LogP contribution in [0.25, 0.3) is 0 Å². The maximum atomic E-state index is 10.7. The molecule has 20 heteroatoms. The fraction of sp³-hybridized carbons (Fsp3) is 1.00. The highest BCUT2D eigenvalue weighted by Gasteiger charge is 2.53. The highest BCUT2D eigenvalue weighted by Crippen LogP contribution is 2.31. The Morgan fingerprint density at radius 2 is 1.26 bits per heavy atom. The van der Waals surface area contributed by atoms with Crippen LogP contribution in [0.4, 0.5) is 0 Å². The lowest BCUT2D eigenvalue weighted by Crippen LogP contribution is -3.00. The Morgan fingerprint density at radius 3 is 1.81 bits per heavy atom. The Bertz CT molecular complexity index is 818. The first-order chi connectivity index (χ1) is 19.8. The summed E-state index contributed by atoms with van der Waals surface area (Å²) in [6.45, 7) is -3.10. The van der Waals surface area contributed by atoms with Gasteiger partial charge in [0, 0.05) is 10.9 Å². The quantitative estimate of drug-likeness (QED) is 0.0806. The normalized spacial score (nSPS) is 44.8. The van der Waals surface area contributed by atoms with E-state index < -0.39 is 141 Å². The lowest BCUT2D eigenvalue weighted by atomic mass is 9.97.